The molecular weight excluding hydrogens is 192 g/mol. The van der Waals surface area contributed by atoms with E-state index in [2.05, 4.69) is 15.0 Å². The molecule has 1 atom stereocenters. The molecule has 1 aromatic heterocycles. The van der Waals surface area contributed by atoms with Crippen LogP contribution in [0, 0.1) is 6.92 Å². The number of rotatable bonds is 4. The zero-order chi connectivity index (χ0) is 11.3. The average Bonchev–Trinajstić information content (AvgIpc) is 2.25. The van der Waals surface area contributed by atoms with Gasteiger partial charge in [-0.15, -0.1) is 0 Å². The van der Waals surface area contributed by atoms with Gasteiger partial charge in [0.25, 0.3) is 0 Å². The van der Waals surface area contributed by atoms with Crippen LogP contribution in [0.2, 0.25) is 0 Å². The van der Waals surface area contributed by atoms with Crippen LogP contribution in [0.4, 0.5) is 0 Å². The Morgan fingerprint density at radius 3 is 2.93 bits per heavy atom. The summed E-state index contributed by atoms with van der Waals surface area (Å²) in [5.74, 6) is -0.254. The van der Waals surface area contributed by atoms with E-state index in [0.29, 0.717) is 6.54 Å². The minimum Gasteiger partial charge on any atom is -0.468 e. The number of carbonyl (C=O) groups excluding carboxylic acids is 1. The van der Waals surface area contributed by atoms with Crippen LogP contribution in [0.15, 0.2) is 18.5 Å². The number of hydrogen-bond acceptors (Lipinski definition) is 4. The molecule has 0 amide bonds. The number of nitrogens with zero attached hydrogens (tertiary/aromatic N) is 1. The van der Waals surface area contributed by atoms with E-state index in [9.17, 15) is 4.79 Å². The molecule has 0 saturated heterocycles. The van der Waals surface area contributed by atoms with Gasteiger partial charge in [-0.3, -0.25) is 9.78 Å². The summed E-state index contributed by atoms with van der Waals surface area (Å²) in [7, 11) is 1.38. The van der Waals surface area contributed by atoms with Crippen LogP contribution in [-0.4, -0.2) is 24.1 Å². The first-order valence-corrected chi connectivity index (χ1v) is 4.85. The third-order valence-corrected chi connectivity index (χ3v) is 2.10. The van der Waals surface area contributed by atoms with Gasteiger partial charge >= 0.3 is 5.97 Å². The fourth-order valence-electron chi connectivity index (χ4n) is 1.25. The molecule has 0 aromatic carbocycles. The lowest BCUT2D eigenvalue weighted by Crippen LogP contribution is -2.34. The molecule has 0 radical (unpaired) electrons. The first kappa shape index (κ1) is 11.7. The molecule has 1 N–H and O–H groups in total. The second-order valence-electron chi connectivity index (χ2n) is 3.50. The summed E-state index contributed by atoms with van der Waals surface area (Å²) in [5.41, 5.74) is 2.17. The lowest BCUT2D eigenvalue weighted by molar-refractivity contribution is -0.142. The van der Waals surface area contributed by atoms with E-state index in [-0.39, 0.29) is 12.0 Å². The molecule has 4 heteroatoms. The summed E-state index contributed by atoms with van der Waals surface area (Å²) < 4.78 is 4.61. The molecule has 0 aliphatic heterocycles. The van der Waals surface area contributed by atoms with Crippen molar-refractivity contribution in [2.45, 2.75) is 26.4 Å². The van der Waals surface area contributed by atoms with Gasteiger partial charge in [0.05, 0.1) is 7.11 Å². The first-order valence-electron chi connectivity index (χ1n) is 4.85. The second-order valence-corrected chi connectivity index (χ2v) is 3.50. The first-order chi connectivity index (χ1) is 7.13. The van der Waals surface area contributed by atoms with Crippen molar-refractivity contribution in [3.8, 4) is 0 Å². The molecule has 1 rings (SSSR count). The van der Waals surface area contributed by atoms with Crippen LogP contribution < -0.4 is 5.32 Å². The summed E-state index contributed by atoms with van der Waals surface area (Å²) in [5, 5.41) is 3.06. The highest BCUT2D eigenvalue weighted by Crippen LogP contribution is 2.01. The van der Waals surface area contributed by atoms with Gasteiger partial charge in [0.2, 0.25) is 0 Å². The van der Waals surface area contributed by atoms with E-state index in [1.54, 1.807) is 19.3 Å². The van der Waals surface area contributed by atoms with Crippen molar-refractivity contribution in [2.24, 2.45) is 0 Å². The summed E-state index contributed by atoms with van der Waals surface area (Å²) in [6, 6.07) is 1.74. The number of aryl methyl sites for hydroxylation is 1. The molecule has 0 aliphatic carbocycles. The van der Waals surface area contributed by atoms with Crippen molar-refractivity contribution >= 4 is 5.97 Å². The van der Waals surface area contributed by atoms with Gasteiger partial charge in [-0.1, -0.05) is 6.07 Å². The van der Waals surface area contributed by atoms with Crippen molar-refractivity contribution < 1.29 is 9.53 Å². The summed E-state index contributed by atoms with van der Waals surface area (Å²) in [6.07, 6.45) is 3.58. The SMILES string of the molecule is COC(=O)C(C)NCc1cncc(C)c1. The molecule has 15 heavy (non-hydrogen) atoms. The van der Waals surface area contributed by atoms with E-state index in [1.165, 1.54) is 7.11 Å². The predicted molar refractivity (Wildman–Crippen MR) is 57.3 cm³/mol. The van der Waals surface area contributed by atoms with Gasteiger partial charge in [0, 0.05) is 18.9 Å². The monoisotopic (exact) mass is 208 g/mol. The quantitative estimate of drug-likeness (QED) is 0.751. The topological polar surface area (TPSA) is 51.2 Å². The number of methoxy groups -OCH3 is 1. The van der Waals surface area contributed by atoms with Crippen molar-refractivity contribution in [2.75, 3.05) is 7.11 Å². The smallest absolute Gasteiger partial charge is 0.322 e. The molecule has 0 spiro atoms. The number of hydrogen-bond donors (Lipinski definition) is 1. The Hall–Kier alpha value is -1.42. The molecule has 1 heterocycles. The van der Waals surface area contributed by atoms with Crippen LogP contribution in [-0.2, 0) is 16.1 Å². The van der Waals surface area contributed by atoms with Crippen molar-refractivity contribution in [1.29, 1.82) is 0 Å². The molecule has 1 aromatic rings. The number of aromatic nitrogens is 1. The molecule has 0 bridgehead atoms. The highest BCUT2D eigenvalue weighted by atomic mass is 16.5. The molecular formula is C11H16N2O2. The largest absolute Gasteiger partial charge is 0.468 e. The van der Waals surface area contributed by atoms with Crippen molar-refractivity contribution in [3.05, 3.63) is 29.6 Å². The van der Waals surface area contributed by atoms with Crippen molar-refractivity contribution in [3.63, 3.8) is 0 Å². The highest BCUT2D eigenvalue weighted by Gasteiger charge is 2.11. The van der Waals surface area contributed by atoms with Crippen LogP contribution in [0.25, 0.3) is 0 Å². The zero-order valence-corrected chi connectivity index (χ0v) is 9.28. The van der Waals surface area contributed by atoms with Crippen LogP contribution in [0.1, 0.15) is 18.1 Å². The molecule has 0 fully saturated rings. The fraction of sp³-hybridized carbons (Fsp3) is 0.455. The van der Waals surface area contributed by atoms with Gasteiger partial charge in [-0.25, -0.2) is 0 Å². The Labute approximate surface area is 89.7 Å². The van der Waals surface area contributed by atoms with E-state index >= 15 is 0 Å². The summed E-state index contributed by atoms with van der Waals surface area (Å²) >= 11 is 0. The Kier molecular flexibility index (Phi) is 4.24. The normalized spacial score (nSPS) is 12.2. The van der Waals surface area contributed by atoms with Crippen LogP contribution in [0.3, 0.4) is 0 Å². The van der Waals surface area contributed by atoms with E-state index < -0.39 is 0 Å². The predicted octanol–water partition coefficient (Wildman–Crippen LogP) is 1.04. The lowest BCUT2D eigenvalue weighted by Gasteiger charge is -2.11. The number of ether oxygens (including phenoxy) is 1. The van der Waals surface area contributed by atoms with Gasteiger partial charge in [0.15, 0.2) is 0 Å². The van der Waals surface area contributed by atoms with Crippen LogP contribution in [0.5, 0.6) is 0 Å². The summed E-state index contributed by atoms with van der Waals surface area (Å²) in [6.45, 7) is 4.38. The van der Waals surface area contributed by atoms with Gasteiger partial charge in [-0.2, -0.15) is 0 Å². The lowest BCUT2D eigenvalue weighted by atomic mass is 10.2. The third-order valence-electron chi connectivity index (χ3n) is 2.10. The molecule has 4 nitrogen and oxygen atoms in total. The third kappa shape index (κ3) is 3.67. The van der Waals surface area contributed by atoms with E-state index in [1.807, 2.05) is 13.0 Å². The van der Waals surface area contributed by atoms with Gasteiger partial charge in [-0.05, 0) is 25.0 Å². The Morgan fingerprint density at radius 1 is 1.60 bits per heavy atom. The number of esters is 1. The van der Waals surface area contributed by atoms with Gasteiger partial charge in [0.1, 0.15) is 6.04 Å². The molecule has 82 valence electrons. The number of nitrogens with one attached hydrogen (secondary N) is 1. The minimum atomic E-state index is -0.296. The van der Waals surface area contributed by atoms with Crippen LogP contribution >= 0.6 is 0 Å². The maximum Gasteiger partial charge on any atom is 0.322 e. The maximum absolute atomic E-state index is 11.1. The Bertz CT molecular complexity index is 339. The number of carbonyl (C=O) groups is 1. The second kappa shape index (κ2) is 5.46. The van der Waals surface area contributed by atoms with E-state index in [4.69, 9.17) is 0 Å². The molecule has 1 unspecified atom stereocenters. The Morgan fingerprint density at radius 2 is 2.33 bits per heavy atom. The zero-order valence-electron chi connectivity index (χ0n) is 9.28. The number of pyridine rings is 1. The van der Waals surface area contributed by atoms with Gasteiger partial charge < -0.3 is 10.1 Å². The minimum absolute atomic E-state index is 0.254. The highest BCUT2D eigenvalue weighted by molar-refractivity contribution is 5.75. The van der Waals surface area contributed by atoms with Crippen molar-refractivity contribution in [1.82, 2.24) is 10.3 Å². The standard InChI is InChI=1S/C11H16N2O2/c1-8-4-10(6-12-5-8)7-13-9(2)11(14)15-3/h4-6,9,13H,7H2,1-3H3. The summed E-state index contributed by atoms with van der Waals surface area (Å²) in [4.78, 5) is 15.2. The van der Waals surface area contributed by atoms with E-state index in [0.717, 1.165) is 11.1 Å². The maximum atomic E-state index is 11.1. The Balaban J connectivity index is 2.47. The molecule has 0 saturated carbocycles. The fourth-order valence-corrected chi connectivity index (χ4v) is 1.25. The average molecular weight is 208 g/mol. The molecule has 0 aliphatic rings.